The molecule has 5 unspecified atom stereocenters. The predicted octanol–water partition coefficient (Wildman–Crippen LogP) is 4.65. The van der Waals surface area contributed by atoms with Gasteiger partial charge in [0.2, 0.25) is 41.4 Å². The second-order valence-electron chi connectivity index (χ2n) is 21.2. The molecule has 1 aliphatic rings. The molecule has 0 aromatic carbocycles. The molecule has 0 aliphatic carbocycles. The van der Waals surface area contributed by atoms with Crippen LogP contribution in [0.1, 0.15) is 186 Å². The van der Waals surface area contributed by atoms with Crippen molar-refractivity contribution in [3.8, 4) is 0 Å². The molecule has 20 heteroatoms. The van der Waals surface area contributed by atoms with Crippen molar-refractivity contribution in [2.75, 3.05) is 0 Å². The molecule has 0 aromatic heterocycles. The summed E-state index contributed by atoms with van der Waals surface area (Å²) in [6, 6.07) is -9.66. The van der Waals surface area contributed by atoms with Crippen LogP contribution in [0.4, 0.5) is 0 Å². The molecule has 9 N–H and O–H groups in total. The van der Waals surface area contributed by atoms with Crippen molar-refractivity contribution in [3.05, 3.63) is 0 Å². The summed E-state index contributed by atoms with van der Waals surface area (Å²) < 4.78 is 6.05. The highest BCUT2D eigenvalue weighted by atomic mass is 16.5. The van der Waals surface area contributed by atoms with E-state index in [0.29, 0.717) is 31.6 Å². The number of aliphatic carboxylic acids is 2. The average molecular weight is 1020 g/mol. The number of amides is 7. The number of cyclic esters (lactones) is 1. The van der Waals surface area contributed by atoms with E-state index in [0.717, 1.165) is 32.1 Å². The van der Waals surface area contributed by atoms with Gasteiger partial charge in [-0.15, -0.1) is 0 Å². The first-order valence-corrected chi connectivity index (χ1v) is 26.5. The molecule has 0 bridgehead atoms. The quantitative estimate of drug-likeness (QED) is 0.0498. The summed E-state index contributed by atoms with van der Waals surface area (Å²) in [5.74, 6) is -10.9. The first kappa shape index (κ1) is 64.7. The molecule has 1 fully saturated rings. The lowest BCUT2D eigenvalue weighted by molar-refractivity contribution is -0.156. The monoisotopic (exact) mass is 1020 g/mol. The highest BCUT2D eigenvalue weighted by Gasteiger charge is 2.38. The molecular formula is C52H91N7O13. The largest absolute Gasteiger partial charge is 0.481 e. The van der Waals surface area contributed by atoms with Gasteiger partial charge in [0.05, 0.1) is 12.8 Å². The Bertz CT molecular complexity index is 1790. The first-order chi connectivity index (χ1) is 33.7. The average Bonchev–Trinajstić information content (AvgIpc) is 3.29. The minimum absolute atomic E-state index is 0.0383. The number of esters is 1. The van der Waals surface area contributed by atoms with Crippen LogP contribution in [-0.4, -0.2) is 118 Å². The summed E-state index contributed by atoms with van der Waals surface area (Å²) in [6.45, 7) is 21.9. The summed E-state index contributed by atoms with van der Waals surface area (Å²) >= 11 is 0. The second kappa shape index (κ2) is 33.4. The van der Waals surface area contributed by atoms with Crippen molar-refractivity contribution in [1.29, 1.82) is 0 Å². The number of carbonyl (C=O) groups is 10. The van der Waals surface area contributed by atoms with E-state index in [4.69, 9.17) is 4.74 Å². The van der Waals surface area contributed by atoms with Gasteiger partial charge in [-0.05, 0) is 67.6 Å². The number of carboxylic acids is 2. The standard InChI is InChI=1S/C52H91N7O13/c1-13-32(10)43-50(69)55-38(26-31(8)9)48(67)58-44(33(11)14-2)51(70)56-39(28-42(63)64)47(66)54-37(25-30(6)7)49(68)59-45(34(12)15-3)52(71)72-35(22-20-18-16-17-19-21-29(4)5)27-40(60)53-36(46(65)57-43)23-24-41(61)62/h29-39,43-45H,13-28H2,1-12H3,(H,53,60)(H,54,66)(H,55,69)(H,56,70)(H,57,65)(H,58,67)(H,59,68)(H,61,62)(H,63,64)/t32?,33?,34?,35?,36-,37-,38?,39+,43+,44+,45+/m1/s1. The smallest absolute Gasteiger partial charge is 0.329 e. The molecule has 1 saturated heterocycles. The number of rotatable bonds is 23. The highest BCUT2D eigenvalue weighted by molar-refractivity contribution is 5.98. The summed E-state index contributed by atoms with van der Waals surface area (Å²) in [4.78, 5) is 137. The van der Waals surface area contributed by atoms with E-state index < -0.39 is 145 Å². The Morgan fingerprint density at radius 1 is 0.486 bits per heavy atom. The zero-order valence-electron chi connectivity index (χ0n) is 45.3. The lowest BCUT2D eigenvalue weighted by atomic mass is 9.95. The first-order valence-electron chi connectivity index (χ1n) is 26.5. The van der Waals surface area contributed by atoms with E-state index in [2.05, 4.69) is 51.1 Å². The highest BCUT2D eigenvalue weighted by Crippen LogP contribution is 2.20. The number of ether oxygens (including phenoxy) is 1. The van der Waals surface area contributed by atoms with Crippen LogP contribution in [0.3, 0.4) is 0 Å². The van der Waals surface area contributed by atoms with Crippen molar-refractivity contribution < 1.29 is 62.9 Å². The molecule has 0 radical (unpaired) electrons. The van der Waals surface area contributed by atoms with E-state index in [-0.39, 0.29) is 37.5 Å². The molecule has 0 aromatic rings. The van der Waals surface area contributed by atoms with Crippen LogP contribution in [0.5, 0.6) is 0 Å². The number of carboxylic acid groups (broad SMARTS) is 2. The molecule has 72 heavy (non-hydrogen) atoms. The van der Waals surface area contributed by atoms with Crippen LogP contribution in [-0.2, 0) is 52.7 Å². The van der Waals surface area contributed by atoms with Crippen LogP contribution in [0, 0.1) is 35.5 Å². The van der Waals surface area contributed by atoms with Gasteiger partial charge in [0.15, 0.2) is 0 Å². The maximum Gasteiger partial charge on any atom is 0.329 e. The topological polar surface area (TPSA) is 305 Å². The lowest BCUT2D eigenvalue weighted by Gasteiger charge is -2.31. The Morgan fingerprint density at radius 3 is 1.36 bits per heavy atom. The zero-order valence-corrected chi connectivity index (χ0v) is 45.3. The third-order valence-corrected chi connectivity index (χ3v) is 13.3. The van der Waals surface area contributed by atoms with Crippen molar-refractivity contribution >= 4 is 59.3 Å². The van der Waals surface area contributed by atoms with Gasteiger partial charge in [-0.3, -0.25) is 43.2 Å². The van der Waals surface area contributed by atoms with Crippen LogP contribution in [0.25, 0.3) is 0 Å². The Hall–Kier alpha value is -5.30. The van der Waals surface area contributed by atoms with Gasteiger partial charge < -0.3 is 52.2 Å². The van der Waals surface area contributed by atoms with E-state index in [9.17, 15) is 58.2 Å². The molecule has 412 valence electrons. The molecule has 11 atom stereocenters. The van der Waals surface area contributed by atoms with Gasteiger partial charge in [0.1, 0.15) is 48.4 Å². The SMILES string of the molecule is CCC(C)[C@@H]1NC(=O)C(CC(C)C)NC(=O)[C@H](C(C)CC)NC(=O)[C@@H](CCC(=O)O)NC(=O)CC(CCCCCCCC(C)C)OC(=O)[C@H](C(C)CC)NC(=O)[C@@H](CC(C)C)NC(=O)[C@H](CC(=O)O)NC1=O. The van der Waals surface area contributed by atoms with Gasteiger partial charge in [0, 0.05) is 6.42 Å². The van der Waals surface area contributed by atoms with E-state index in [1.807, 2.05) is 13.8 Å². The fourth-order valence-electron chi connectivity index (χ4n) is 8.31. The van der Waals surface area contributed by atoms with Crippen LogP contribution >= 0.6 is 0 Å². The van der Waals surface area contributed by atoms with Gasteiger partial charge in [-0.25, -0.2) is 4.79 Å². The Morgan fingerprint density at radius 2 is 0.903 bits per heavy atom. The van der Waals surface area contributed by atoms with E-state index >= 15 is 0 Å². The van der Waals surface area contributed by atoms with Crippen molar-refractivity contribution in [1.82, 2.24) is 37.2 Å². The van der Waals surface area contributed by atoms with Crippen molar-refractivity contribution in [2.24, 2.45) is 35.5 Å². The Labute approximate surface area is 428 Å². The Kier molecular flexibility index (Phi) is 30.0. The summed E-state index contributed by atoms with van der Waals surface area (Å²) in [5, 5.41) is 38.1. The van der Waals surface area contributed by atoms with Crippen molar-refractivity contribution in [3.63, 3.8) is 0 Å². The molecule has 7 amide bonds. The molecule has 1 aliphatic heterocycles. The molecule has 1 rings (SSSR count). The number of hydrogen-bond donors (Lipinski definition) is 9. The predicted molar refractivity (Wildman–Crippen MR) is 272 cm³/mol. The maximum atomic E-state index is 14.3. The van der Waals surface area contributed by atoms with Crippen LogP contribution in [0.15, 0.2) is 0 Å². The number of unbranched alkanes of at least 4 members (excludes halogenated alkanes) is 4. The summed E-state index contributed by atoms with van der Waals surface area (Å²) in [6.07, 6.45) is 3.53. The van der Waals surface area contributed by atoms with E-state index in [1.165, 1.54) is 0 Å². The number of hydrogen-bond acceptors (Lipinski definition) is 11. The summed E-state index contributed by atoms with van der Waals surface area (Å²) in [7, 11) is 0. The third kappa shape index (κ3) is 24.4. The maximum absolute atomic E-state index is 14.3. The van der Waals surface area contributed by atoms with Crippen LogP contribution < -0.4 is 37.2 Å². The molecule has 0 spiro atoms. The van der Waals surface area contributed by atoms with Gasteiger partial charge in [0.25, 0.3) is 0 Å². The third-order valence-electron chi connectivity index (χ3n) is 13.3. The van der Waals surface area contributed by atoms with Crippen molar-refractivity contribution in [2.45, 2.75) is 234 Å². The number of carbonyl (C=O) groups excluding carboxylic acids is 8. The van der Waals surface area contributed by atoms with Gasteiger partial charge >= 0.3 is 17.9 Å². The second-order valence-corrected chi connectivity index (χ2v) is 21.2. The molecule has 0 saturated carbocycles. The number of nitrogens with one attached hydrogen (secondary N) is 7. The lowest BCUT2D eigenvalue weighted by Crippen LogP contribution is -2.61. The molecular weight excluding hydrogens is 931 g/mol. The molecule has 1 heterocycles. The minimum atomic E-state index is -1.72. The van der Waals surface area contributed by atoms with Crippen LogP contribution in [0.2, 0.25) is 0 Å². The summed E-state index contributed by atoms with van der Waals surface area (Å²) in [5.41, 5.74) is 0. The molecule has 20 nitrogen and oxygen atoms in total. The van der Waals surface area contributed by atoms with Gasteiger partial charge in [-0.2, -0.15) is 0 Å². The Balaban J connectivity index is 4.06. The minimum Gasteiger partial charge on any atom is -0.481 e. The fraction of sp³-hybridized carbons (Fsp3) is 0.808. The normalized spacial score (nSPS) is 25.3. The fourth-order valence-corrected chi connectivity index (χ4v) is 8.31. The van der Waals surface area contributed by atoms with Gasteiger partial charge in [-0.1, -0.05) is 134 Å². The zero-order chi connectivity index (χ0) is 54.8. The van der Waals surface area contributed by atoms with E-state index in [1.54, 1.807) is 55.4 Å².